The van der Waals surface area contributed by atoms with Crippen molar-refractivity contribution in [3.63, 3.8) is 0 Å². The third-order valence-electron chi connectivity index (χ3n) is 8.58. The summed E-state index contributed by atoms with van der Waals surface area (Å²) >= 11 is 0. The largest absolute Gasteiger partial charge is 0.391 e. The number of nitrogens with zero attached hydrogens (tertiary/aromatic N) is 2. The second kappa shape index (κ2) is 11.1. The van der Waals surface area contributed by atoms with Crippen LogP contribution in [0.5, 0.6) is 0 Å². The van der Waals surface area contributed by atoms with Crippen molar-refractivity contribution in [1.82, 2.24) is 10.2 Å². The molecule has 188 valence electrons. The van der Waals surface area contributed by atoms with Crippen molar-refractivity contribution in [3.8, 4) is 0 Å². The molecule has 2 aliphatic heterocycles. The zero-order valence-corrected chi connectivity index (χ0v) is 21.0. The number of hydrogen-bond donors (Lipinski definition) is 2. The number of β-amino-alcohol motifs (C(OH)–C–C–N with tert-alkyl or cyclic N) is 1. The van der Waals surface area contributed by atoms with Crippen LogP contribution >= 0.6 is 0 Å². The number of likely N-dealkylation sites (tertiary alicyclic amines) is 1. The predicted octanol–water partition coefficient (Wildman–Crippen LogP) is 4.74. The highest BCUT2D eigenvalue weighted by Crippen LogP contribution is 2.39. The maximum Gasteiger partial charge on any atom is 0.253 e. The number of piperidine rings is 2. The molecule has 1 unspecified atom stereocenters. The van der Waals surface area contributed by atoms with E-state index in [-0.39, 0.29) is 12.0 Å². The number of anilines is 1. The summed E-state index contributed by atoms with van der Waals surface area (Å²) in [5.74, 6) is 0.0354. The second-order valence-electron chi connectivity index (χ2n) is 10.9. The van der Waals surface area contributed by atoms with Crippen LogP contribution < -0.4 is 10.2 Å². The molecule has 3 fully saturated rings. The molecular formula is C30H41N3O2. The minimum absolute atomic E-state index is 0.0354. The van der Waals surface area contributed by atoms with E-state index in [0.717, 1.165) is 57.4 Å². The summed E-state index contributed by atoms with van der Waals surface area (Å²) in [7, 11) is 0. The lowest BCUT2D eigenvalue weighted by molar-refractivity contribution is 0.0474. The van der Waals surface area contributed by atoms with Crippen molar-refractivity contribution in [2.45, 2.75) is 75.3 Å². The number of hydrogen-bond acceptors (Lipinski definition) is 4. The molecule has 1 saturated carbocycles. The Balaban J connectivity index is 1.14. The van der Waals surface area contributed by atoms with E-state index in [1.807, 2.05) is 12.1 Å². The summed E-state index contributed by atoms with van der Waals surface area (Å²) in [6.45, 7) is 4.36. The van der Waals surface area contributed by atoms with Gasteiger partial charge in [-0.3, -0.25) is 4.79 Å². The maximum absolute atomic E-state index is 12.8. The van der Waals surface area contributed by atoms with Crippen molar-refractivity contribution in [3.05, 3.63) is 65.7 Å². The fourth-order valence-electron chi connectivity index (χ4n) is 6.41. The van der Waals surface area contributed by atoms with E-state index in [2.05, 4.69) is 52.7 Å². The van der Waals surface area contributed by atoms with Gasteiger partial charge in [0.25, 0.3) is 5.91 Å². The van der Waals surface area contributed by atoms with Crippen LogP contribution in [-0.4, -0.2) is 60.8 Å². The van der Waals surface area contributed by atoms with E-state index in [9.17, 15) is 9.90 Å². The minimum Gasteiger partial charge on any atom is -0.391 e. The van der Waals surface area contributed by atoms with Gasteiger partial charge in [-0.15, -0.1) is 0 Å². The van der Waals surface area contributed by atoms with Crippen molar-refractivity contribution >= 4 is 11.6 Å². The van der Waals surface area contributed by atoms with Gasteiger partial charge in [0.2, 0.25) is 0 Å². The fraction of sp³-hybridized carbons (Fsp3) is 0.567. The third kappa shape index (κ3) is 5.73. The van der Waals surface area contributed by atoms with Crippen LogP contribution in [0.2, 0.25) is 0 Å². The molecule has 2 aromatic rings. The first-order valence-electron chi connectivity index (χ1n) is 13.7. The van der Waals surface area contributed by atoms with Crippen molar-refractivity contribution in [2.24, 2.45) is 0 Å². The summed E-state index contributed by atoms with van der Waals surface area (Å²) in [5, 5.41) is 13.9. The Kier molecular flexibility index (Phi) is 7.74. The highest BCUT2D eigenvalue weighted by Gasteiger charge is 2.34. The average Bonchev–Trinajstić information content (AvgIpc) is 2.93. The molecule has 0 bridgehead atoms. The number of amides is 1. The summed E-state index contributed by atoms with van der Waals surface area (Å²) in [6.07, 6.45) is 10.2. The Morgan fingerprint density at radius 2 is 1.60 bits per heavy atom. The highest BCUT2D eigenvalue weighted by atomic mass is 16.3. The molecule has 35 heavy (non-hydrogen) atoms. The first-order chi connectivity index (χ1) is 17.1. The molecule has 5 heteroatoms. The van der Waals surface area contributed by atoms with Gasteiger partial charge in [-0.05, 0) is 68.4 Å². The van der Waals surface area contributed by atoms with Crippen LogP contribution in [0.25, 0.3) is 0 Å². The van der Waals surface area contributed by atoms with Gasteiger partial charge in [0, 0.05) is 55.4 Å². The number of carbonyl (C=O) groups is 1. The zero-order valence-electron chi connectivity index (χ0n) is 21.0. The Labute approximate surface area is 210 Å². The van der Waals surface area contributed by atoms with Gasteiger partial charge in [-0.2, -0.15) is 0 Å². The van der Waals surface area contributed by atoms with Crippen LogP contribution in [0.4, 0.5) is 5.69 Å². The number of benzene rings is 2. The molecule has 5 nitrogen and oxygen atoms in total. The standard InChI is InChI=1S/C30H41N3O2/c34-28-10-7-19-33(22-28)29(35)24-11-13-27(14-12-24)32-20-15-26(16-21-32)31-23-30(17-5-2-6-18-30)25-8-3-1-4-9-25/h1,3-4,8-9,11-14,26,28,31,34H,2,5-7,10,15-23H2. The monoisotopic (exact) mass is 475 g/mol. The number of nitrogens with one attached hydrogen (secondary N) is 1. The lowest BCUT2D eigenvalue weighted by atomic mass is 9.69. The van der Waals surface area contributed by atoms with E-state index < -0.39 is 0 Å². The quantitative estimate of drug-likeness (QED) is 0.633. The molecule has 0 spiro atoms. The number of rotatable bonds is 6. The maximum atomic E-state index is 12.8. The van der Waals surface area contributed by atoms with Gasteiger partial charge in [0.05, 0.1) is 6.10 Å². The van der Waals surface area contributed by atoms with Gasteiger partial charge in [-0.25, -0.2) is 0 Å². The minimum atomic E-state index is -0.387. The predicted molar refractivity (Wildman–Crippen MR) is 142 cm³/mol. The van der Waals surface area contributed by atoms with E-state index in [0.29, 0.717) is 18.0 Å². The average molecular weight is 476 g/mol. The molecule has 5 rings (SSSR count). The van der Waals surface area contributed by atoms with Crippen LogP contribution in [-0.2, 0) is 5.41 Å². The fourth-order valence-corrected chi connectivity index (χ4v) is 6.41. The first kappa shape index (κ1) is 24.3. The van der Waals surface area contributed by atoms with E-state index in [1.165, 1.54) is 43.4 Å². The Hall–Kier alpha value is -2.37. The Morgan fingerprint density at radius 1 is 0.886 bits per heavy atom. The molecule has 1 aliphatic carbocycles. The third-order valence-corrected chi connectivity index (χ3v) is 8.58. The topological polar surface area (TPSA) is 55.8 Å². The van der Waals surface area contributed by atoms with Gasteiger partial charge >= 0.3 is 0 Å². The van der Waals surface area contributed by atoms with Crippen LogP contribution in [0.15, 0.2) is 54.6 Å². The molecule has 3 aliphatic rings. The van der Waals surface area contributed by atoms with Crippen molar-refractivity contribution in [2.75, 3.05) is 37.6 Å². The molecular weight excluding hydrogens is 434 g/mol. The second-order valence-corrected chi connectivity index (χ2v) is 10.9. The molecule has 2 aromatic carbocycles. The lowest BCUT2D eigenvalue weighted by Gasteiger charge is -2.41. The zero-order chi connectivity index (χ0) is 24.1. The Bertz CT molecular complexity index is 947. The van der Waals surface area contributed by atoms with Gasteiger partial charge in [-0.1, -0.05) is 49.6 Å². The van der Waals surface area contributed by atoms with Crippen molar-refractivity contribution < 1.29 is 9.90 Å². The molecule has 2 N–H and O–H groups in total. The van der Waals surface area contributed by atoms with Crippen LogP contribution in [0.3, 0.4) is 0 Å². The number of aliphatic hydroxyl groups is 1. The normalized spacial score (nSPS) is 23.3. The number of aliphatic hydroxyl groups excluding tert-OH is 1. The van der Waals surface area contributed by atoms with Crippen LogP contribution in [0.1, 0.15) is 73.7 Å². The molecule has 1 amide bonds. The Morgan fingerprint density at radius 3 is 2.29 bits per heavy atom. The summed E-state index contributed by atoms with van der Waals surface area (Å²) < 4.78 is 0. The van der Waals surface area contributed by atoms with E-state index >= 15 is 0 Å². The molecule has 2 heterocycles. The molecule has 0 aromatic heterocycles. The van der Waals surface area contributed by atoms with Crippen molar-refractivity contribution in [1.29, 1.82) is 0 Å². The highest BCUT2D eigenvalue weighted by molar-refractivity contribution is 5.94. The summed E-state index contributed by atoms with van der Waals surface area (Å²) in [4.78, 5) is 17.0. The summed E-state index contributed by atoms with van der Waals surface area (Å²) in [6, 6.07) is 19.8. The molecule has 1 atom stereocenters. The summed E-state index contributed by atoms with van der Waals surface area (Å²) in [5.41, 5.74) is 3.73. The number of carbonyl (C=O) groups excluding carboxylic acids is 1. The SMILES string of the molecule is O=C(c1ccc(N2CCC(NCC3(c4ccccc4)CCCCC3)CC2)cc1)N1CCCC(O)C1. The smallest absolute Gasteiger partial charge is 0.253 e. The first-order valence-corrected chi connectivity index (χ1v) is 13.7. The van der Waals surface area contributed by atoms with Gasteiger partial charge < -0.3 is 20.2 Å². The van der Waals surface area contributed by atoms with E-state index in [1.54, 1.807) is 4.90 Å². The molecule has 0 radical (unpaired) electrons. The lowest BCUT2D eigenvalue weighted by Crippen LogP contribution is -2.48. The molecule has 2 saturated heterocycles. The van der Waals surface area contributed by atoms with E-state index in [4.69, 9.17) is 0 Å². The van der Waals surface area contributed by atoms with Gasteiger partial charge in [0.15, 0.2) is 0 Å². The van der Waals surface area contributed by atoms with Crippen LogP contribution in [0, 0.1) is 0 Å². The van der Waals surface area contributed by atoms with Gasteiger partial charge in [0.1, 0.15) is 0 Å².